The van der Waals surface area contributed by atoms with Gasteiger partial charge in [0.05, 0.1) is 6.10 Å². The average molecular weight is 225 g/mol. The highest BCUT2D eigenvalue weighted by Crippen LogP contribution is 2.27. The summed E-state index contributed by atoms with van der Waals surface area (Å²) in [4.78, 5) is 2.61. The van der Waals surface area contributed by atoms with Crippen molar-refractivity contribution in [1.82, 2.24) is 4.90 Å². The van der Waals surface area contributed by atoms with Crippen LogP contribution in [0.15, 0.2) is 0 Å². The Morgan fingerprint density at radius 1 is 1.12 bits per heavy atom. The molecule has 2 atom stereocenters. The molecular formula is C14H27NO. The third-order valence-electron chi connectivity index (χ3n) is 4.54. The van der Waals surface area contributed by atoms with Crippen molar-refractivity contribution in [3.8, 4) is 0 Å². The molecule has 1 saturated carbocycles. The number of likely N-dealkylation sites (tertiary alicyclic amines) is 1. The van der Waals surface area contributed by atoms with E-state index >= 15 is 0 Å². The van der Waals surface area contributed by atoms with Gasteiger partial charge in [-0.3, -0.25) is 0 Å². The van der Waals surface area contributed by atoms with Crippen molar-refractivity contribution >= 4 is 0 Å². The normalized spacial score (nSPS) is 34.1. The predicted molar refractivity (Wildman–Crippen MR) is 67.4 cm³/mol. The van der Waals surface area contributed by atoms with E-state index < -0.39 is 0 Å². The minimum atomic E-state index is -0.0346. The first kappa shape index (κ1) is 12.4. The second-order valence-electron chi connectivity index (χ2n) is 5.79. The number of aliphatic hydroxyl groups excluding tert-OH is 1. The Kier molecular flexibility index (Phi) is 4.66. The van der Waals surface area contributed by atoms with Crippen LogP contribution in [0.3, 0.4) is 0 Å². The van der Waals surface area contributed by atoms with Gasteiger partial charge in [0.2, 0.25) is 0 Å². The van der Waals surface area contributed by atoms with Crippen LogP contribution >= 0.6 is 0 Å². The van der Waals surface area contributed by atoms with Crippen LogP contribution in [-0.4, -0.2) is 35.7 Å². The molecule has 0 aromatic heterocycles. The van der Waals surface area contributed by atoms with Crippen LogP contribution in [0.5, 0.6) is 0 Å². The summed E-state index contributed by atoms with van der Waals surface area (Å²) in [5.41, 5.74) is 0. The van der Waals surface area contributed by atoms with E-state index in [2.05, 4.69) is 11.8 Å². The quantitative estimate of drug-likeness (QED) is 0.798. The molecule has 1 heterocycles. The molecule has 2 aliphatic rings. The number of hydrogen-bond acceptors (Lipinski definition) is 2. The molecule has 0 aromatic carbocycles. The van der Waals surface area contributed by atoms with Crippen molar-refractivity contribution < 1.29 is 5.11 Å². The van der Waals surface area contributed by atoms with Gasteiger partial charge in [0.1, 0.15) is 0 Å². The summed E-state index contributed by atoms with van der Waals surface area (Å²) < 4.78 is 0. The minimum Gasteiger partial charge on any atom is -0.393 e. The van der Waals surface area contributed by atoms with Crippen LogP contribution in [0.25, 0.3) is 0 Å². The molecule has 16 heavy (non-hydrogen) atoms. The van der Waals surface area contributed by atoms with E-state index in [4.69, 9.17) is 0 Å². The smallest absolute Gasteiger partial charge is 0.0592 e. The monoisotopic (exact) mass is 225 g/mol. The SMILES string of the molecule is CCC1CN(CC2CCCCC2)CCC1O. The van der Waals surface area contributed by atoms with Crippen molar-refractivity contribution in [2.45, 2.75) is 58.0 Å². The Balaban J connectivity index is 1.76. The van der Waals surface area contributed by atoms with Crippen molar-refractivity contribution in [3.63, 3.8) is 0 Å². The lowest BCUT2D eigenvalue weighted by molar-refractivity contribution is 0.0174. The molecule has 0 bridgehead atoms. The zero-order valence-electron chi connectivity index (χ0n) is 10.7. The summed E-state index contributed by atoms with van der Waals surface area (Å²) >= 11 is 0. The van der Waals surface area contributed by atoms with E-state index in [1.165, 1.54) is 38.6 Å². The molecule has 2 unspecified atom stereocenters. The maximum Gasteiger partial charge on any atom is 0.0592 e. The van der Waals surface area contributed by atoms with E-state index in [9.17, 15) is 5.11 Å². The largest absolute Gasteiger partial charge is 0.393 e. The summed E-state index contributed by atoms with van der Waals surface area (Å²) in [6, 6.07) is 0. The third kappa shape index (κ3) is 3.21. The standard InChI is InChI=1S/C14H27NO/c1-2-13-11-15(9-8-14(13)16)10-12-6-4-3-5-7-12/h12-14,16H,2-11H2,1H3. The lowest BCUT2D eigenvalue weighted by atomic mass is 9.87. The first-order valence-corrected chi connectivity index (χ1v) is 7.20. The number of nitrogens with zero attached hydrogens (tertiary/aromatic N) is 1. The molecule has 0 amide bonds. The maximum absolute atomic E-state index is 9.87. The van der Waals surface area contributed by atoms with Crippen LogP contribution in [0.1, 0.15) is 51.9 Å². The lowest BCUT2D eigenvalue weighted by Gasteiger charge is -2.38. The number of rotatable bonds is 3. The fourth-order valence-corrected chi connectivity index (χ4v) is 3.40. The Morgan fingerprint density at radius 2 is 1.88 bits per heavy atom. The summed E-state index contributed by atoms with van der Waals surface area (Å²) in [5.74, 6) is 1.47. The van der Waals surface area contributed by atoms with Crippen molar-refractivity contribution in [2.75, 3.05) is 19.6 Å². The molecule has 1 aliphatic carbocycles. The van der Waals surface area contributed by atoms with Gasteiger partial charge in [-0.15, -0.1) is 0 Å². The van der Waals surface area contributed by atoms with Crippen LogP contribution in [-0.2, 0) is 0 Å². The van der Waals surface area contributed by atoms with E-state index in [0.717, 1.165) is 31.8 Å². The highest BCUT2D eigenvalue weighted by molar-refractivity contribution is 4.81. The van der Waals surface area contributed by atoms with Crippen LogP contribution in [0.4, 0.5) is 0 Å². The molecular weight excluding hydrogens is 198 g/mol. The summed E-state index contributed by atoms with van der Waals surface area (Å²) in [5, 5.41) is 9.87. The van der Waals surface area contributed by atoms with Crippen molar-refractivity contribution in [1.29, 1.82) is 0 Å². The van der Waals surface area contributed by atoms with Gasteiger partial charge in [-0.1, -0.05) is 26.2 Å². The van der Waals surface area contributed by atoms with E-state index in [1.807, 2.05) is 0 Å². The van der Waals surface area contributed by atoms with Gasteiger partial charge in [-0.25, -0.2) is 0 Å². The first-order valence-electron chi connectivity index (χ1n) is 7.20. The second-order valence-corrected chi connectivity index (χ2v) is 5.79. The van der Waals surface area contributed by atoms with E-state index in [0.29, 0.717) is 5.92 Å². The van der Waals surface area contributed by atoms with Crippen LogP contribution in [0.2, 0.25) is 0 Å². The Hall–Kier alpha value is -0.0800. The van der Waals surface area contributed by atoms with E-state index in [-0.39, 0.29) is 6.10 Å². The summed E-state index contributed by atoms with van der Waals surface area (Å²) in [6.45, 7) is 5.75. The third-order valence-corrected chi connectivity index (χ3v) is 4.54. The van der Waals surface area contributed by atoms with Gasteiger partial charge in [-0.05, 0) is 37.5 Å². The van der Waals surface area contributed by atoms with Gasteiger partial charge in [0, 0.05) is 19.6 Å². The number of hydrogen-bond donors (Lipinski definition) is 1. The molecule has 2 nitrogen and oxygen atoms in total. The average Bonchev–Trinajstić information content (AvgIpc) is 2.33. The second kappa shape index (κ2) is 6.02. The van der Waals surface area contributed by atoms with Gasteiger partial charge < -0.3 is 10.0 Å². The summed E-state index contributed by atoms with van der Waals surface area (Å²) in [6.07, 6.45) is 9.30. The Morgan fingerprint density at radius 3 is 2.56 bits per heavy atom. The molecule has 1 saturated heterocycles. The fourth-order valence-electron chi connectivity index (χ4n) is 3.40. The van der Waals surface area contributed by atoms with Gasteiger partial charge in [0.25, 0.3) is 0 Å². The zero-order chi connectivity index (χ0) is 11.4. The zero-order valence-corrected chi connectivity index (χ0v) is 10.7. The highest BCUT2D eigenvalue weighted by Gasteiger charge is 2.27. The Bertz CT molecular complexity index is 201. The molecule has 0 spiro atoms. The van der Waals surface area contributed by atoms with Gasteiger partial charge >= 0.3 is 0 Å². The summed E-state index contributed by atoms with van der Waals surface area (Å²) in [7, 11) is 0. The number of piperidine rings is 1. The van der Waals surface area contributed by atoms with Crippen LogP contribution < -0.4 is 0 Å². The minimum absolute atomic E-state index is 0.0346. The lowest BCUT2D eigenvalue weighted by Crippen LogP contribution is -2.44. The topological polar surface area (TPSA) is 23.5 Å². The molecule has 1 aliphatic heterocycles. The Labute approximate surface area is 100 Å². The highest BCUT2D eigenvalue weighted by atomic mass is 16.3. The fraction of sp³-hybridized carbons (Fsp3) is 1.00. The van der Waals surface area contributed by atoms with Crippen molar-refractivity contribution in [3.05, 3.63) is 0 Å². The number of aliphatic hydroxyl groups is 1. The molecule has 2 fully saturated rings. The van der Waals surface area contributed by atoms with Gasteiger partial charge in [0.15, 0.2) is 0 Å². The maximum atomic E-state index is 9.87. The molecule has 2 rings (SSSR count). The predicted octanol–water partition coefficient (Wildman–Crippen LogP) is 2.66. The van der Waals surface area contributed by atoms with E-state index in [1.54, 1.807) is 0 Å². The molecule has 0 radical (unpaired) electrons. The molecule has 1 N–H and O–H groups in total. The molecule has 2 heteroatoms. The van der Waals surface area contributed by atoms with Crippen LogP contribution in [0, 0.1) is 11.8 Å². The molecule has 94 valence electrons. The molecule has 0 aromatic rings. The van der Waals surface area contributed by atoms with Crippen molar-refractivity contribution in [2.24, 2.45) is 11.8 Å². The van der Waals surface area contributed by atoms with Gasteiger partial charge in [-0.2, -0.15) is 0 Å². The first-order chi connectivity index (χ1) is 7.79.